The van der Waals surface area contributed by atoms with Gasteiger partial charge in [-0.1, -0.05) is 6.07 Å². The number of carbonyl (C=O) groups is 2. The van der Waals surface area contributed by atoms with Crippen LogP contribution in [0.5, 0.6) is 5.75 Å². The molecule has 1 aliphatic rings. The molecule has 1 unspecified atom stereocenters. The Morgan fingerprint density at radius 2 is 1.88 bits per heavy atom. The van der Waals surface area contributed by atoms with E-state index in [4.69, 9.17) is 4.74 Å². The lowest BCUT2D eigenvalue weighted by atomic mass is 10.1. The predicted octanol–water partition coefficient (Wildman–Crippen LogP) is 1.74. The fourth-order valence-corrected chi connectivity index (χ4v) is 3.10. The van der Waals surface area contributed by atoms with E-state index < -0.39 is 6.04 Å². The summed E-state index contributed by atoms with van der Waals surface area (Å²) in [5, 5.41) is 2.77. The number of hydrogen-bond acceptors (Lipinski definition) is 4. The third-order valence-corrected chi connectivity index (χ3v) is 4.87. The molecule has 1 N–H and O–H groups in total. The highest BCUT2D eigenvalue weighted by Crippen LogP contribution is 2.21. The van der Waals surface area contributed by atoms with Gasteiger partial charge in [-0.15, -0.1) is 0 Å². The van der Waals surface area contributed by atoms with Gasteiger partial charge in [-0.2, -0.15) is 0 Å². The number of hydrogen-bond donors (Lipinski definition) is 1. The molecule has 0 radical (unpaired) electrons. The highest BCUT2D eigenvalue weighted by atomic mass is 16.5. The molecule has 0 aliphatic carbocycles. The average molecular weight is 361 g/mol. The first kappa shape index (κ1) is 20.2. The van der Waals surface area contributed by atoms with Crippen LogP contribution in [0.25, 0.3) is 0 Å². The van der Waals surface area contributed by atoms with Crippen molar-refractivity contribution in [2.75, 3.05) is 33.7 Å². The number of amides is 2. The molecular weight excluding hydrogens is 330 g/mol. The van der Waals surface area contributed by atoms with Gasteiger partial charge in [-0.05, 0) is 56.9 Å². The van der Waals surface area contributed by atoms with Crippen LogP contribution in [0.1, 0.15) is 30.9 Å². The van der Waals surface area contributed by atoms with E-state index in [0.29, 0.717) is 6.54 Å². The first-order chi connectivity index (χ1) is 12.3. The van der Waals surface area contributed by atoms with Crippen LogP contribution in [0.15, 0.2) is 18.2 Å². The maximum atomic E-state index is 12.1. The molecule has 6 heteroatoms. The van der Waals surface area contributed by atoms with Gasteiger partial charge < -0.3 is 15.0 Å². The zero-order valence-electron chi connectivity index (χ0n) is 16.5. The Balaban J connectivity index is 1.75. The van der Waals surface area contributed by atoms with Crippen molar-refractivity contribution in [3.63, 3.8) is 0 Å². The summed E-state index contributed by atoms with van der Waals surface area (Å²) in [4.78, 5) is 27.5. The molecule has 1 fully saturated rings. The van der Waals surface area contributed by atoms with Crippen molar-refractivity contribution in [1.29, 1.82) is 0 Å². The van der Waals surface area contributed by atoms with E-state index in [9.17, 15) is 9.59 Å². The van der Waals surface area contributed by atoms with Crippen LogP contribution in [0.2, 0.25) is 0 Å². The number of carbonyl (C=O) groups excluding carboxylic acids is 2. The summed E-state index contributed by atoms with van der Waals surface area (Å²) in [6.45, 7) is 7.85. The molecule has 1 atom stereocenters. The standard InChI is InChI=1S/C20H31N3O3/c1-14-6-7-18(12-15(14)2)26-17-8-10-23(11-9-17)13-19(24)21-16(3)20(25)22(4)5/h6-7,12,16-17H,8-11,13H2,1-5H3,(H,21,24). The van der Waals surface area contributed by atoms with Gasteiger partial charge in [-0.25, -0.2) is 0 Å². The molecule has 2 amide bonds. The maximum Gasteiger partial charge on any atom is 0.244 e. The van der Waals surface area contributed by atoms with E-state index in [1.807, 2.05) is 6.07 Å². The minimum Gasteiger partial charge on any atom is -0.490 e. The summed E-state index contributed by atoms with van der Waals surface area (Å²) in [6, 6.07) is 5.69. The zero-order valence-corrected chi connectivity index (χ0v) is 16.5. The first-order valence-corrected chi connectivity index (χ1v) is 9.23. The van der Waals surface area contributed by atoms with Gasteiger partial charge in [0.2, 0.25) is 11.8 Å². The summed E-state index contributed by atoms with van der Waals surface area (Å²) < 4.78 is 6.09. The normalized spacial score (nSPS) is 16.8. The summed E-state index contributed by atoms with van der Waals surface area (Å²) in [7, 11) is 3.37. The molecule has 0 spiro atoms. The van der Waals surface area contributed by atoms with E-state index in [1.54, 1.807) is 21.0 Å². The quantitative estimate of drug-likeness (QED) is 0.838. The SMILES string of the molecule is Cc1ccc(OC2CCN(CC(=O)NC(C)C(=O)N(C)C)CC2)cc1C. The van der Waals surface area contributed by atoms with Gasteiger partial charge in [0, 0.05) is 27.2 Å². The van der Waals surface area contributed by atoms with E-state index in [0.717, 1.165) is 31.7 Å². The van der Waals surface area contributed by atoms with Gasteiger partial charge >= 0.3 is 0 Å². The van der Waals surface area contributed by atoms with Crippen LogP contribution in [-0.2, 0) is 9.59 Å². The number of nitrogens with zero attached hydrogens (tertiary/aromatic N) is 2. The van der Waals surface area contributed by atoms with Crippen molar-refractivity contribution in [1.82, 2.24) is 15.1 Å². The van der Waals surface area contributed by atoms with Crippen molar-refractivity contribution in [2.24, 2.45) is 0 Å². The molecule has 144 valence electrons. The van der Waals surface area contributed by atoms with Crippen molar-refractivity contribution in [2.45, 2.75) is 45.8 Å². The van der Waals surface area contributed by atoms with E-state index in [-0.39, 0.29) is 17.9 Å². The number of nitrogens with one attached hydrogen (secondary N) is 1. The number of aryl methyl sites for hydroxylation is 2. The Bertz CT molecular complexity index is 637. The fourth-order valence-electron chi connectivity index (χ4n) is 3.10. The summed E-state index contributed by atoms with van der Waals surface area (Å²) in [5.74, 6) is 0.709. The van der Waals surface area contributed by atoms with Crippen LogP contribution in [0.3, 0.4) is 0 Å². The topological polar surface area (TPSA) is 61.9 Å². The predicted molar refractivity (Wildman–Crippen MR) is 102 cm³/mol. The van der Waals surface area contributed by atoms with E-state index in [1.165, 1.54) is 16.0 Å². The lowest BCUT2D eigenvalue weighted by Crippen LogP contribution is -2.49. The zero-order chi connectivity index (χ0) is 19.3. The van der Waals surface area contributed by atoms with Crippen LogP contribution >= 0.6 is 0 Å². The second-order valence-corrected chi connectivity index (χ2v) is 7.36. The average Bonchev–Trinajstić information content (AvgIpc) is 2.59. The first-order valence-electron chi connectivity index (χ1n) is 9.23. The molecule has 1 aromatic rings. The van der Waals surface area contributed by atoms with Crippen LogP contribution in [0.4, 0.5) is 0 Å². The number of likely N-dealkylation sites (N-methyl/N-ethyl adjacent to an activating group) is 1. The number of rotatable bonds is 6. The van der Waals surface area contributed by atoms with Gasteiger partial charge in [-0.3, -0.25) is 14.5 Å². The highest BCUT2D eigenvalue weighted by Gasteiger charge is 2.24. The van der Waals surface area contributed by atoms with Crippen LogP contribution in [-0.4, -0.2) is 67.5 Å². The molecule has 1 aromatic carbocycles. The molecule has 0 bridgehead atoms. The van der Waals surface area contributed by atoms with E-state index >= 15 is 0 Å². The number of piperidine rings is 1. The van der Waals surface area contributed by atoms with Crippen molar-refractivity contribution in [3.8, 4) is 5.75 Å². The Morgan fingerprint density at radius 1 is 1.23 bits per heavy atom. The smallest absolute Gasteiger partial charge is 0.244 e. The summed E-state index contributed by atoms with van der Waals surface area (Å²) in [6.07, 6.45) is 1.98. The van der Waals surface area contributed by atoms with Crippen LogP contribution in [0, 0.1) is 13.8 Å². The molecule has 26 heavy (non-hydrogen) atoms. The Morgan fingerprint density at radius 3 is 2.46 bits per heavy atom. The van der Waals surface area contributed by atoms with Crippen molar-refractivity contribution < 1.29 is 14.3 Å². The Kier molecular flexibility index (Phi) is 7.03. The number of benzene rings is 1. The minimum absolute atomic E-state index is 0.0983. The van der Waals surface area contributed by atoms with Gasteiger partial charge in [0.1, 0.15) is 17.9 Å². The third kappa shape index (κ3) is 5.73. The van der Waals surface area contributed by atoms with Gasteiger partial charge in [0.05, 0.1) is 6.54 Å². The number of ether oxygens (including phenoxy) is 1. The Hall–Kier alpha value is -2.08. The molecule has 2 rings (SSSR count). The molecule has 0 saturated carbocycles. The molecule has 1 aliphatic heterocycles. The monoisotopic (exact) mass is 361 g/mol. The summed E-state index contributed by atoms with van der Waals surface area (Å²) >= 11 is 0. The summed E-state index contributed by atoms with van der Waals surface area (Å²) in [5.41, 5.74) is 2.50. The second kappa shape index (κ2) is 9.03. The lowest BCUT2D eigenvalue weighted by molar-refractivity contribution is -0.134. The third-order valence-electron chi connectivity index (χ3n) is 4.87. The van der Waals surface area contributed by atoms with Crippen LogP contribution < -0.4 is 10.1 Å². The fraction of sp³-hybridized carbons (Fsp3) is 0.600. The number of likely N-dealkylation sites (tertiary alicyclic amines) is 1. The van der Waals surface area contributed by atoms with Gasteiger partial charge in [0.25, 0.3) is 0 Å². The van der Waals surface area contributed by atoms with Crippen molar-refractivity contribution >= 4 is 11.8 Å². The lowest BCUT2D eigenvalue weighted by Gasteiger charge is -2.32. The van der Waals surface area contributed by atoms with E-state index in [2.05, 4.69) is 36.2 Å². The van der Waals surface area contributed by atoms with Crippen molar-refractivity contribution in [3.05, 3.63) is 29.3 Å². The molecule has 1 saturated heterocycles. The molecule has 6 nitrogen and oxygen atoms in total. The maximum absolute atomic E-state index is 12.1. The molecular formula is C20H31N3O3. The minimum atomic E-state index is -0.497. The Labute approximate surface area is 156 Å². The van der Waals surface area contributed by atoms with Gasteiger partial charge in [0.15, 0.2) is 0 Å². The highest BCUT2D eigenvalue weighted by molar-refractivity contribution is 5.87. The molecule has 1 heterocycles. The largest absolute Gasteiger partial charge is 0.490 e. The second-order valence-electron chi connectivity index (χ2n) is 7.36. The molecule has 0 aromatic heterocycles.